The summed E-state index contributed by atoms with van der Waals surface area (Å²) in [5, 5.41) is 9.45. The zero-order valence-corrected chi connectivity index (χ0v) is 9.91. The van der Waals surface area contributed by atoms with E-state index in [1.54, 1.807) is 6.07 Å². The van der Waals surface area contributed by atoms with E-state index in [2.05, 4.69) is 0 Å². The topological polar surface area (TPSA) is 38.7 Å². The maximum atomic E-state index is 13.5. The lowest BCUT2D eigenvalue weighted by atomic mass is 9.82. The van der Waals surface area contributed by atoms with Crippen LogP contribution in [0.3, 0.4) is 0 Å². The Morgan fingerprint density at radius 3 is 2.88 bits per heavy atom. The number of halogens is 1. The van der Waals surface area contributed by atoms with E-state index in [1.807, 2.05) is 6.07 Å². The van der Waals surface area contributed by atoms with Crippen molar-refractivity contribution in [3.8, 4) is 5.75 Å². The van der Waals surface area contributed by atoms with E-state index in [-0.39, 0.29) is 23.6 Å². The molecular weight excluding hydrogens is 223 g/mol. The number of methoxy groups -OCH3 is 1. The van der Waals surface area contributed by atoms with Crippen LogP contribution in [0.1, 0.15) is 12.0 Å². The van der Waals surface area contributed by atoms with E-state index in [0.717, 1.165) is 12.0 Å². The van der Waals surface area contributed by atoms with E-state index in [1.165, 1.54) is 13.2 Å². The second-order valence-corrected chi connectivity index (χ2v) is 4.61. The standard InChI is InChI=1S/C13H17FO3/c1-16-12-3-2-10(6-11(12)14)7-13(8-15)4-5-17-9-13/h2-3,6,15H,4-5,7-9H2,1H3. The fourth-order valence-electron chi connectivity index (χ4n) is 2.22. The molecule has 2 rings (SSSR count). The van der Waals surface area contributed by atoms with Crippen LogP contribution in [-0.4, -0.2) is 32.0 Å². The summed E-state index contributed by atoms with van der Waals surface area (Å²) in [4.78, 5) is 0. The van der Waals surface area contributed by atoms with E-state index in [0.29, 0.717) is 19.6 Å². The van der Waals surface area contributed by atoms with Gasteiger partial charge in [-0.05, 0) is 30.5 Å². The Morgan fingerprint density at radius 2 is 2.35 bits per heavy atom. The van der Waals surface area contributed by atoms with Crippen molar-refractivity contribution in [2.45, 2.75) is 12.8 Å². The van der Waals surface area contributed by atoms with Gasteiger partial charge in [-0.25, -0.2) is 4.39 Å². The number of ether oxygens (including phenoxy) is 2. The Labute approximate surface area is 100 Å². The molecule has 1 heterocycles. The molecule has 0 amide bonds. The van der Waals surface area contributed by atoms with Gasteiger partial charge in [0.2, 0.25) is 0 Å². The average Bonchev–Trinajstić information content (AvgIpc) is 2.79. The van der Waals surface area contributed by atoms with Crippen molar-refractivity contribution >= 4 is 0 Å². The van der Waals surface area contributed by atoms with Gasteiger partial charge in [0.05, 0.1) is 20.3 Å². The number of rotatable bonds is 4. The average molecular weight is 240 g/mol. The third-order valence-electron chi connectivity index (χ3n) is 3.32. The molecule has 1 N–H and O–H groups in total. The van der Waals surface area contributed by atoms with Crippen molar-refractivity contribution in [1.82, 2.24) is 0 Å². The van der Waals surface area contributed by atoms with Crippen LogP contribution in [0.4, 0.5) is 4.39 Å². The molecule has 0 radical (unpaired) electrons. The van der Waals surface area contributed by atoms with Gasteiger partial charge >= 0.3 is 0 Å². The monoisotopic (exact) mass is 240 g/mol. The summed E-state index contributed by atoms with van der Waals surface area (Å²) in [6, 6.07) is 4.91. The zero-order chi connectivity index (χ0) is 12.3. The van der Waals surface area contributed by atoms with Gasteiger partial charge in [-0.1, -0.05) is 6.07 Å². The fourth-order valence-corrected chi connectivity index (χ4v) is 2.22. The van der Waals surface area contributed by atoms with Crippen LogP contribution in [-0.2, 0) is 11.2 Å². The molecule has 0 aliphatic carbocycles. The molecule has 3 nitrogen and oxygen atoms in total. The van der Waals surface area contributed by atoms with E-state index < -0.39 is 0 Å². The smallest absolute Gasteiger partial charge is 0.165 e. The molecule has 1 unspecified atom stereocenters. The van der Waals surface area contributed by atoms with Gasteiger partial charge < -0.3 is 14.6 Å². The lowest BCUT2D eigenvalue weighted by Gasteiger charge is -2.24. The first-order valence-electron chi connectivity index (χ1n) is 5.70. The van der Waals surface area contributed by atoms with E-state index in [9.17, 15) is 9.50 Å². The van der Waals surface area contributed by atoms with Crippen LogP contribution in [0.15, 0.2) is 18.2 Å². The number of hydrogen-bond donors (Lipinski definition) is 1. The molecule has 0 aromatic heterocycles. The molecule has 94 valence electrons. The van der Waals surface area contributed by atoms with Crippen molar-refractivity contribution < 1.29 is 19.0 Å². The minimum Gasteiger partial charge on any atom is -0.494 e. The largest absolute Gasteiger partial charge is 0.494 e. The van der Waals surface area contributed by atoms with Crippen LogP contribution in [0.2, 0.25) is 0 Å². The van der Waals surface area contributed by atoms with Crippen LogP contribution in [0.25, 0.3) is 0 Å². The fraction of sp³-hybridized carbons (Fsp3) is 0.538. The Hall–Kier alpha value is -1.13. The van der Waals surface area contributed by atoms with E-state index >= 15 is 0 Å². The van der Waals surface area contributed by atoms with Gasteiger partial charge in [0, 0.05) is 12.0 Å². The van der Waals surface area contributed by atoms with Gasteiger partial charge in [0.1, 0.15) is 0 Å². The highest BCUT2D eigenvalue weighted by Gasteiger charge is 2.34. The van der Waals surface area contributed by atoms with Crippen molar-refractivity contribution in [3.63, 3.8) is 0 Å². The summed E-state index contributed by atoms with van der Waals surface area (Å²) in [6.45, 7) is 1.27. The number of aliphatic hydroxyl groups is 1. The van der Waals surface area contributed by atoms with E-state index in [4.69, 9.17) is 9.47 Å². The summed E-state index contributed by atoms with van der Waals surface area (Å²) in [7, 11) is 1.44. The second-order valence-electron chi connectivity index (χ2n) is 4.61. The number of hydrogen-bond acceptors (Lipinski definition) is 3. The predicted octanol–water partition coefficient (Wildman–Crippen LogP) is 1.78. The van der Waals surface area contributed by atoms with Gasteiger partial charge in [-0.2, -0.15) is 0 Å². The van der Waals surface area contributed by atoms with Crippen molar-refractivity contribution in [3.05, 3.63) is 29.6 Å². The molecule has 1 aromatic rings. The molecule has 4 heteroatoms. The van der Waals surface area contributed by atoms with Crippen LogP contribution < -0.4 is 4.74 Å². The second kappa shape index (κ2) is 5.02. The predicted molar refractivity (Wildman–Crippen MR) is 61.6 cm³/mol. The summed E-state index contributed by atoms with van der Waals surface area (Å²) in [5.74, 6) is -0.119. The molecule has 0 bridgehead atoms. The molecule has 1 aliphatic heterocycles. The summed E-state index contributed by atoms with van der Waals surface area (Å²) in [5.41, 5.74) is 0.615. The number of aliphatic hydroxyl groups excluding tert-OH is 1. The molecule has 17 heavy (non-hydrogen) atoms. The van der Waals surface area contributed by atoms with Gasteiger partial charge in [0.25, 0.3) is 0 Å². The van der Waals surface area contributed by atoms with Gasteiger partial charge in [0.15, 0.2) is 11.6 Å². The summed E-state index contributed by atoms with van der Waals surface area (Å²) < 4.78 is 23.7. The normalized spacial score (nSPS) is 23.9. The third kappa shape index (κ3) is 2.58. The van der Waals surface area contributed by atoms with Crippen molar-refractivity contribution in [1.29, 1.82) is 0 Å². The SMILES string of the molecule is COc1ccc(CC2(CO)CCOC2)cc1F. The molecule has 1 atom stereocenters. The maximum Gasteiger partial charge on any atom is 0.165 e. The summed E-state index contributed by atoms with van der Waals surface area (Å²) in [6.07, 6.45) is 1.45. The lowest BCUT2D eigenvalue weighted by molar-refractivity contribution is 0.0934. The Bertz CT molecular complexity index is 386. The summed E-state index contributed by atoms with van der Waals surface area (Å²) >= 11 is 0. The lowest BCUT2D eigenvalue weighted by Crippen LogP contribution is -2.28. The number of benzene rings is 1. The first kappa shape index (κ1) is 12.3. The highest BCUT2D eigenvalue weighted by Crippen LogP contribution is 2.33. The van der Waals surface area contributed by atoms with Crippen molar-refractivity contribution in [2.75, 3.05) is 26.9 Å². The molecular formula is C13H17FO3. The van der Waals surface area contributed by atoms with Crippen LogP contribution >= 0.6 is 0 Å². The first-order chi connectivity index (χ1) is 8.19. The molecule has 1 aromatic carbocycles. The first-order valence-corrected chi connectivity index (χ1v) is 5.70. The van der Waals surface area contributed by atoms with Gasteiger partial charge in [-0.3, -0.25) is 0 Å². The quantitative estimate of drug-likeness (QED) is 0.871. The minimum absolute atomic E-state index is 0.0701. The minimum atomic E-state index is -0.364. The molecule has 0 saturated carbocycles. The van der Waals surface area contributed by atoms with Gasteiger partial charge in [-0.15, -0.1) is 0 Å². The van der Waals surface area contributed by atoms with Crippen molar-refractivity contribution in [2.24, 2.45) is 5.41 Å². The molecule has 0 spiro atoms. The maximum absolute atomic E-state index is 13.5. The molecule has 1 aliphatic rings. The third-order valence-corrected chi connectivity index (χ3v) is 3.32. The Balaban J connectivity index is 2.15. The van der Waals surface area contributed by atoms with Crippen LogP contribution in [0.5, 0.6) is 5.75 Å². The highest BCUT2D eigenvalue weighted by molar-refractivity contribution is 5.30. The van der Waals surface area contributed by atoms with Crippen LogP contribution in [0, 0.1) is 11.2 Å². The zero-order valence-electron chi connectivity index (χ0n) is 9.91. The molecule has 1 saturated heterocycles. The Morgan fingerprint density at radius 1 is 1.53 bits per heavy atom. The Kier molecular flexibility index (Phi) is 3.64. The molecule has 1 fully saturated rings. The highest BCUT2D eigenvalue weighted by atomic mass is 19.1.